The van der Waals surface area contributed by atoms with Gasteiger partial charge in [-0.3, -0.25) is 4.90 Å². The van der Waals surface area contributed by atoms with Gasteiger partial charge in [-0.2, -0.15) is 0 Å². The first-order valence-corrected chi connectivity index (χ1v) is 6.92. The van der Waals surface area contributed by atoms with E-state index < -0.39 is 106 Å². The molecule has 2 aliphatic heterocycles. The Morgan fingerprint density at radius 3 is 2.88 bits per heavy atom. The number of benzene rings is 1. The summed E-state index contributed by atoms with van der Waals surface area (Å²) in [6.45, 7) is -12.4. The Hall–Kier alpha value is -1.26. The van der Waals surface area contributed by atoms with Crippen LogP contribution >= 0.6 is 0 Å². The van der Waals surface area contributed by atoms with E-state index in [1.807, 2.05) is 0 Å². The highest BCUT2D eigenvalue weighted by Gasteiger charge is 2.39. The van der Waals surface area contributed by atoms with Gasteiger partial charge in [-0.25, -0.2) is 0 Å². The van der Waals surface area contributed by atoms with Gasteiger partial charge in [-0.15, -0.1) is 0 Å². The summed E-state index contributed by atoms with van der Waals surface area (Å²) in [6.07, 6.45) is -15.4. The van der Waals surface area contributed by atoms with Gasteiger partial charge >= 0.3 is 0 Å². The second-order valence-electron chi connectivity index (χ2n) is 5.58. The molecule has 24 heavy (non-hydrogen) atoms. The predicted octanol–water partition coefficient (Wildman–Crippen LogP) is 3.42. The molecular weight excluding hydrogens is 302 g/mol. The standard InChI is InChI=1S/C20H31NO3/c1-20(2,3)11-14-12-21-7-6-13-8-18(23-4)19(24-5)9-15(13)16(21)10-17(14)22/h8-9,14,16-17,22H,6-7,10-12H2,1-5H3/i1D3,2D3,4D3,5D3,6D2,7D2,10D2,11D2,14D,17D. The summed E-state index contributed by atoms with van der Waals surface area (Å²) in [5.74, 6) is -5.76. The minimum Gasteiger partial charge on any atom is -0.493 e. The molecule has 0 radical (unpaired) electrons. The molecule has 3 rings (SSSR count). The van der Waals surface area contributed by atoms with Crippen LogP contribution < -0.4 is 9.47 Å². The van der Waals surface area contributed by atoms with E-state index in [-0.39, 0.29) is 4.90 Å². The number of ether oxygens (including phenoxy) is 2. The monoisotopic (exact) mass is 355 g/mol. The molecule has 0 aliphatic carbocycles. The first-order valence-electron chi connectivity index (χ1n) is 17.9. The van der Waals surface area contributed by atoms with Crippen molar-refractivity contribution in [2.24, 2.45) is 11.3 Å². The van der Waals surface area contributed by atoms with Gasteiger partial charge in [0.2, 0.25) is 0 Å². The fourth-order valence-electron chi connectivity index (χ4n) is 2.58. The van der Waals surface area contributed by atoms with Gasteiger partial charge in [0, 0.05) is 39.6 Å². The predicted molar refractivity (Wildman–Crippen MR) is 95.7 cm³/mol. The Morgan fingerprint density at radius 1 is 1.42 bits per heavy atom. The van der Waals surface area contributed by atoms with Gasteiger partial charge in [-0.05, 0) is 53.7 Å². The highest BCUT2D eigenvalue weighted by molar-refractivity contribution is 5.49. The summed E-state index contributed by atoms with van der Waals surface area (Å²) in [5, 5.41) is 11.5. The summed E-state index contributed by atoms with van der Waals surface area (Å²) >= 11 is 0. The number of hydrogen-bond acceptors (Lipinski definition) is 4. The second kappa shape index (κ2) is 6.57. The zero-order valence-electron chi connectivity index (χ0n) is 34.7. The van der Waals surface area contributed by atoms with E-state index in [1.165, 1.54) is 0 Å². The lowest BCUT2D eigenvalue weighted by atomic mass is 9.75. The maximum Gasteiger partial charge on any atom is 0.161 e. The average Bonchev–Trinajstić information content (AvgIpc) is 2.78. The van der Waals surface area contributed by atoms with E-state index in [0.717, 1.165) is 0 Å². The fourth-order valence-corrected chi connectivity index (χ4v) is 2.58. The molecular formula is C20H31NO3. The molecule has 3 atom stereocenters. The van der Waals surface area contributed by atoms with Crippen LogP contribution in [-0.2, 0) is 6.37 Å². The van der Waals surface area contributed by atoms with Crippen molar-refractivity contribution in [1.82, 2.24) is 4.90 Å². The third-order valence-corrected chi connectivity index (χ3v) is 3.56. The van der Waals surface area contributed by atoms with E-state index in [4.69, 9.17) is 39.6 Å². The average molecular weight is 356 g/mol. The molecule has 2 aliphatic rings. The van der Waals surface area contributed by atoms with Crippen molar-refractivity contribution in [2.45, 2.75) is 51.9 Å². The van der Waals surface area contributed by atoms with Crippen LogP contribution in [0.2, 0.25) is 0 Å². The number of methoxy groups -OCH3 is 2. The number of aryl methyl sites for hydroxylation is 1. The van der Waals surface area contributed by atoms with Gasteiger partial charge < -0.3 is 14.6 Å². The zero-order chi connectivity index (χ0) is 36.5. The van der Waals surface area contributed by atoms with Crippen molar-refractivity contribution in [3.8, 4) is 11.5 Å². The van der Waals surface area contributed by atoms with Crippen molar-refractivity contribution >= 4 is 0 Å². The molecule has 2 heterocycles. The first kappa shape index (κ1) is 4.92. The number of aliphatic hydroxyl groups is 1. The molecule has 0 bridgehead atoms. The van der Waals surface area contributed by atoms with E-state index >= 15 is 0 Å². The van der Waals surface area contributed by atoms with Crippen molar-refractivity contribution < 1.29 is 44.7 Å². The minimum absolute atomic E-state index is 0.187. The maximum absolute atomic E-state index is 11.5. The SMILES string of the molecule is [2H]C([2H])([2H])Oc1cc2c(cc1OC([2H])([2H])[2H])C([2H])([2H])C([2H])([2H])N1CC([2H])(C([2H])([2H])C(C)(C([2H])([2H])[2H])C([2H])([2H])[2H])C([2H])(O)C([2H])([2H])C21. The summed E-state index contributed by atoms with van der Waals surface area (Å²) in [4.78, 5) is 0.187. The number of fused-ring (bicyclic) bond motifs is 3. The molecule has 1 saturated heterocycles. The highest BCUT2D eigenvalue weighted by Crippen LogP contribution is 2.44. The van der Waals surface area contributed by atoms with Crippen LogP contribution in [0, 0.1) is 11.3 Å². The van der Waals surface area contributed by atoms with Gasteiger partial charge in [0.1, 0.15) is 0 Å². The largest absolute Gasteiger partial charge is 0.493 e. The zero-order valence-corrected chi connectivity index (χ0v) is 12.7. The third kappa shape index (κ3) is 3.40. The lowest BCUT2D eigenvalue weighted by molar-refractivity contribution is -0.0259. The van der Waals surface area contributed by atoms with Crippen LogP contribution in [0.4, 0.5) is 0 Å². The molecule has 1 aromatic rings. The van der Waals surface area contributed by atoms with Crippen LogP contribution in [0.1, 0.15) is 80.7 Å². The van der Waals surface area contributed by atoms with E-state index in [2.05, 4.69) is 0 Å². The number of nitrogens with zero attached hydrogens (tertiary/aromatic N) is 1. The van der Waals surface area contributed by atoms with Crippen LogP contribution in [-0.4, -0.2) is 43.2 Å². The molecule has 1 fully saturated rings. The molecule has 4 heteroatoms. The smallest absolute Gasteiger partial charge is 0.161 e. The van der Waals surface area contributed by atoms with E-state index in [9.17, 15) is 5.11 Å². The normalized spacial score (nSPS) is 56.0. The molecule has 0 saturated carbocycles. The Morgan fingerprint density at radius 2 is 2.17 bits per heavy atom. The molecule has 0 amide bonds. The van der Waals surface area contributed by atoms with Crippen LogP contribution in [0.3, 0.4) is 0 Å². The Balaban J connectivity index is 2.47. The third-order valence-electron chi connectivity index (χ3n) is 3.56. The molecule has 134 valence electrons. The molecule has 3 unspecified atom stereocenters. The molecule has 0 spiro atoms. The minimum atomic E-state index is -4.14. The van der Waals surface area contributed by atoms with Crippen molar-refractivity contribution in [2.75, 3.05) is 27.1 Å². The Kier molecular flexibility index (Phi) is 1.35. The number of rotatable bonds is 3. The lowest BCUT2D eigenvalue weighted by Crippen LogP contribution is -2.48. The van der Waals surface area contributed by atoms with Crippen molar-refractivity contribution in [1.29, 1.82) is 0 Å². The Bertz CT molecular complexity index is 1340. The first-order chi connectivity index (χ1) is 19.9. The summed E-state index contributed by atoms with van der Waals surface area (Å²) in [6, 6.07) is -1.27. The van der Waals surface area contributed by atoms with Gasteiger partial charge in [-0.1, -0.05) is 20.6 Å². The summed E-state index contributed by atoms with van der Waals surface area (Å²) < 4.78 is 189. The fraction of sp³-hybridized carbons (Fsp3) is 0.700. The quantitative estimate of drug-likeness (QED) is 0.902. The van der Waals surface area contributed by atoms with E-state index in [0.29, 0.717) is 19.1 Å². The summed E-state index contributed by atoms with van der Waals surface area (Å²) in [7, 11) is -6.60. The van der Waals surface area contributed by atoms with Crippen molar-refractivity contribution in [3.05, 3.63) is 23.3 Å². The molecule has 1 aromatic carbocycles. The second-order valence-corrected chi connectivity index (χ2v) is 5.58. The van der Waals surface area contributed by atoms with Crippen LogP contribution in [0.5, 0.6) is 11.5 Å². The van der Waals surface area contributed by atoms with Crippen LogP contribution in [0.15, 0.2) is 12.1 Å². The molecule has 4 nitrogen and oxygen atoms in total. The van der Waals surface area contributed by atoms with Crippen molar-refractivity contribution in [3.63, 3.8) is 0 Å². The number of piperidine rings is 1. The van der Waals surface area contributed by atoms with Crippen LogP contribution in [0.25, 0.3) is 0 Å². The van der Waals surface area contributed by atoms with Gasteiger partial charge in [0.15, 0.2) is 11.5 Å². The van der Waals surface area contributed by atoms with E-state index in [1.54, 1.807) is 0 Å². The highest BCUT2D eigenvalue weighted by atomic mass is 16.5. The number of hydrogen-bond donors (Lipinski definition) is 1. The lowest BCUT2D eigenvalue weighted by Gasteiger charge is -2.47. The molecule has 1 N–H and O–H groups in total. The van der Waals surface area contributed by atoms with Gasteiger partial charge in [0.25, 0.3) is 0 Å². The summed E-state index contributed by atoms with van der Waals surface area (Å²) in [5.41, 5.74) is -5.19. The van der Waals surface area contributed by atoms with Gasteiger partial charge in [0.05, 0.1) is 29.8 Å². The maximum atomic E-state index is 11.5. The Labute approximate surface area is 176 Å². The topological polar surface area (TPSA) is 41.9 Å². The molecule has 0 aromatic heterocycles.